The number of nitrogens with zero attached hydrogens (tertiary/aromatic N) is 1. The van der Waals surface area contributed by atoms with Crippen LogP contribution in [0.3, 0.4) is 0 Å². The maximum Gasteiger partial charge on any atom is 0.246 e. The summed E-state index contributed by atoms with van der Waals surface area (Å²) < 4.78 is 0. The minimum Gasteiger partial charge on any atom is -0.328 e. The second kappa shape index (κ2) is 8.52. The Morgan fingerprint density at radius 3 is 2.48 bits per heavy atom. The van der Waals surface area contributed by atoms with Crippen LogP contribution in [0.2, 0.25) is 10.0 Å². The van der Waals surface area contributed by atoms with E-state index in [9.17, 15) is 4.79 Å². The standard InChI is InChI=1S/C20H20Cl2N2O/c21-18-8-6-17(19(22)14-18)7-9-20(25)24-12-10-23(11-13-24)15-16-4-2-1-3-5-16/h1-9,14H,10-13,15H2/p+1/b9-7+. The molecule has 1 amide bonds. The molecule has 0 saturated carbocycles. The number of piperazine rings is 1. The molecule has 0 aliphatic carbocycles. The first-order valence-corrected chi connectivity index (χ1v) is 9.17. The van der Waals surface area contributed by atoms with Gasteiger partial charge in [0.2, 0.25) is 5.91 Å². The molecule has 0 spiro atoms. The monoisotopic (exact) mass is 375 g/mol. The molecule has 0 unspecified atom stereocenters. The van der Waals surface area contributed by atoms with Gasteiger partial charge in [0.1, 0.15) is 6.54 Å². The first kappa shape index (κ1) is 18.0. The predicted molar refractivity (Wildman–Crippen MR) is 103 cm³/mol. The molecule has 1 aliphatic rings. The zero-order chi connectivity index (χ0) is 17.6. The topological polar surface area (TPSA) is 24.8 Å². The van der Waals surface area contributed by atoms with Crippen LogP contribution in [0.25, 0.3) is 6.08 Å². The first-order chi connectivity index (χ1) is 12.1. The van der Waals surface area contributed by atoms with Gasteiger partial charge in [0.05, 0.1) is 26.2 Å². The Morgan fingerprint density at radius 1 is 1.08 bits per heavy atom. The molecule has 0 atom stereocenters. The van der Waals surface area contributed by atoms with Crippen molar-refractivity contribution in [3.8, 4) is 0 Å². The van der Waals surface area contributed by atoms with Gasteiger partial charge in [-0.2, -0.15) is 0 Å². The fourth-order valence-electron chi connectivity index (χ4n) is 3.01. The lowest BCUT2D eigenvalue weighted by Crippen LogP contribution is -3.13. The van der Waals surface area contributed by atoms with Crippen LogP contribution < -0.4 is 4.90 Å². The third kappa shape index (κ3) is 5.08. The molecule has 5 heteroatoms. The van der Waals surface area contributed by atoms with E-state index in [1.165, 1.54) is 10.5 Å². The number of hydrogen-bond donors (Lipinski definition) is 1. The Bertz CT molecular complexity index is 754. The van der Waals surface area contributed by atoms with E-state index in [1.54, 1.807) is 24.3 Å². The van der Waals surface area contributed by atoms with Gasteiger partial charge in [-0.05, 0) is 23.8 Å². The molecule has 3 nitrogen and oxygen atoms in total. The van der Waals surface area contributed by atoms with Gasteiger partial charge < -0.3 is 9.80 Å². The number of halogens is 2. The Hall–Kier alpha value is -1.81. The average Bonchev–Trinajstić information content (AvgIpc) is 2.62. The molecule has 0 bridgehead atoms. The van der Waals surface area contributed by atoms with Crippen molar-refractivity contribution in [2.45, 2.75) is 6.54 Å². The molecular weight excluding hydrogens is 355 g/mol. The van der Waals surface area contributed by atoms with E-state index in [-0.39, 0.29) is 5.91 Å². The molecule has 1 N–H and O–H groups in total. The average molecular weight is 376 g/mol. The quantitative estimate of drug-likeness (QED) is 0.816. The lowest BCUT2D eigenvalue weighted by molar-refractivity contribution is -0.917. The first-order valence-electron chi connectivity index (χ1n) is 8.41. The summed E-state index contributed by atoms with van der Waals surface area (Å²) >= 11 is 12.0. The SMILES string of the molecule is O=C(/C=C/c1ccc(Cl)cc1Cl)N1CC[NH+](Cc2ccccc2)CC1. The molecule has 130 valence electrons. The van der Waals surface area contributed by atoms with Gasteiger partial charge in [0.25, 0.3) is 0 Å². The second-order valence-electron chi connectivity index (χ2n) is 6.24. The Morgan fingerprint density at radius 2 is 1.80 bits per heavy atom. The van der Waals surface area contributed by atoms with Gasteiger partial charge in [-0.25, -0.2) is 0 Å². The van der Waals surface area contributed by atoms with Gasteiger partial charge in [-0.1, -0.05) is 59.6 Å². The van der Waals surface area contributed by atoms with Crippen molar-refractivity contribution in [2.75, 3.05) is 26.2 Å². The van der Waals surface area contributed by atoms with Crippen LogP contribution in [0.4, 0.5) is 0 Å². The van der Waals surface area contributed by atoms with E-state index in [4.69, 9.17) is 23.2 Å². The molecule has 2 aromatic rings. The van der Waals surface area contributed by atoms with Crippen LogP contribution in [0.15, 0.2) is 54.6 Å². The summed E-state index contributed by atoms with van der Waals surface area (Å²) in [6, 6.07) is 15.8. The van der Waals surface area contributed by atoms with Gasteiger partial charge in [0.15, 0.2) is 0 Å². The summed E-state index contributed by atoms with van der Waals surface area (Å²) in [7, 11) is 0. The van der Waals surface area contributed by atoms with Crippen molar-refractivity contribution in [3.63, 3.8) is 0 Å². The summed E-state index contributed by atoms with van der Waals surface area (Å²) in [5.74, 6) is 0.0322. The number of hydrogen-bond acceptors (Lipinski definition) is 1. The third-order valence-electron chi connectivity index (χ3n) is 4.45. The van der Waals surface area contributed by atoms with Gasteiger partial charge in [-0.3, -0.25) is 4.79 Å². The lowest BCUT2D eigenvalue weighted by atomic mass is 10.2. The molecule has 1 heterocycles. The molecule has 1 fully saturated rings. The Labute approximate surface area is 158 Å². The van der Waals surface area contributed by atoms with Gasteiger partial charge >= 0.3 is 0 Å². The van der Waals surface area contributed by atoms with Crippen molar-refractivity contribution >= 4 is 35.2 Å². The summed E-state index contributed by atoms with van der Waals surface area (Å²) in [4.78, 5) is 15.8. The van der Waals surface area contributed by atoms with E-state index in [1.807, 2.05) is 17.0 Å². The van der Waals surface area contributed by atoms with Crippen LogP contribution in [-0.2, 0) is 11.3 Å². The summed E-state index contributed by atoms with van der Waals surface area (Å²) in [6.45, 7) is 4.50. The number of rotatable bonds is 4. The van der Waals surface area contributed by atoms with Crippen LogP contribution >= 0.6 is 23.2 Å². The Balaban J connectivity index is 1.52. The van der Waals surface area contributed by atoms with Crippen molar-refractivity contribution in [1.29, 1.82) is 0 Å². The molecule has 25 heavy (non-hydrogen) atoms. The highest BCUT2D eigenvalue weighted by molar-refractivity contribution is 6.35. The molecule has 1 aliphatic heterocycles. The molecule has 2 aromatic carbocycles. The predicted octanol–water partition coefficient (Wildman–Crippen LogP) is 2.93. The van der Waals surface area contributed by atoms with E-state index < -0.39 is 0 Å². The maximum absolute atomic E-state index is 12.4. The normalized spacial score (nSPS) is 15.7. The number of nitrogens with one attached hydrogen (secondary N) is 1. The molecular formula is C20H21Cl2N2O+. The zero-order valence-electron chi connectivity index (χ0n) is 13.9. The fraction of sp³-hybridized carbons (Fsp3) is 0.250. The third-order valence-corrected chi connectivity index (χ3v) is 5.01. The van der Waals surface area contributed by atoms with Crippen LogP contribution in [-0.4, -0.2) is 37.0 Å². The second-order valence-corrected chi connectivity index (χ2v) is 7.08. The molecule has 0 radical (unpaired) electrons. The maximum atomic E-state index is 12.4. The van der Waals surface area contributed by atoms with Crippen LogP contribution in [0.5, 0.6) is 0 Å². The summed E-state index contributed by atoms with van der Waals surface area (Å²) in [6.07, 6.45) is 3.35. The molecule has 0 aromatic heterocycles. The van der Waals surface area contributed by atoms with E-state index >= 15 is 0 Å². The highest BCUT2D eigenvalue weighted by Gasteiger charge is 2.22. The number of carbonyl (C=O) groups is 1. The fourth-order valence-corrected chi connectivity index (χ4v) is 3.48. The van der Waals surface area contributed by atoms with E-state index in [0.29, 0.717) is 10.0 Å². The number of carbonyl (C=O) groups excluding carboxylic acids is 1. The number of quaternary nitrogens is 1. The minimum absolute atomic E-state index is 0.0322. The van der Waals surface area contributed by atoms with Crippen molar-refractivity contribution < 1.29 is 9.69 Å². The van der Waals surface area contributed by atoms with Gasteiger partial charge in [-0.15, -0.1) is 0 Å². The van der Waals surface area contributed by atoms with E-state index in [0.717, 1.165) is 38.3 Å². The van der Waals surface area contributed by atoms with Crippen molar-refractivity contribution in [2.24, 2.45) is 0 Å². The Kier molecular flexibility index (Phi) is 6.14. The summed E-state index contributed by atoms with van der Waals surface area (Å²) in [5, 5.41) is 1.14. The highest BCUT2D eigenvalue weighted by Crippen LogP contribution is 2.22. The largest absolute Gasteiger partial charge is 0.328 e. The minimum atomic E-state index is 0.0322. The van der Waals surface area contributed by atoms with Gasteiger partial charge in [0, 0.05) is 21.7 Å². The van der Waals surface area contributed by atoms with E-state index in [2.05, 4.69) is 24.3 Å². The van der Waals surface area contributed by atoms with Crippen molar-refractivity contribution in [3.05, 3.63) is 75.8 Å². The lowest BCUT2D eigenvalue weighted by Gasteiger charge is -2.31. The summed E-state index contributed by atoms with van der Waals surface area (Å²) in [5.41, 5.74) is 2.14. The van der Waals surface area contributed by atoms with Crippen LogP contribution in [0, 0.1) is 0 Å². The van der Waals surface area contributed by atoms with Crippen LogP contribution in [0.1, 0.15) is 11.1 Å². The number of benzene rings is 2. The van der Waals surface area contributed by atoms with Crippen molar-refractivity contribution in [1.82, 2.24) is 4.90 Å². The zero-order valence-corrected chi connectivity index (χ0v) is 15.4. The molecule has 1 saturated heterocycles. The highest BCUT2D eigenvalue weighted by atomic mass is 35.5. The smallest absolute Gasteiger partial charge is 0.246 e. The number of amides is 1. The molecule has 3 rings (SSSR count).